The largest absolute Gasteiger partial charge is 0.497 e. The molecule has 1 aromatic heterocycles. The van der Waals surface area contributed by atoms with Gasteiger partial charge in [-0.2, -0.15) is 0 Å². The van der Waals surface area contributed by atoms with Gasteiger partial charge in [0.1, 0.15) is 17.4 Å². The van der Waals surface area contributed by atoms with E-state index in [9.17, 15) is 26.8 Å². The summed E-state index contributed by atoms with van der Waals surface area (Å²) in [5.41, 5.74) is 0.146. The minimum atomic E-state index is -3.97. The number of sulfone groups is 1. The van der Waals surface area contributed by atoms with Gasteiger partial charge in [-0.05, 0) is 25.5 Å². The van der Waals surface area contributed by atoms with Crippen LogP contribution in [0.1, 0.15) is 13.3 Å². The quantitative estimate of drug-likeness (QED) is 0.508. The van der Waals surface area contributed by atoms with E-state index >= 15 is 0 Å². The summed E-state index contributed by atoms with van der Waals surface area (Å²) in [4.78, 5) is 24.2. The van der Waals surface area contributed by atoms with Crippen molar-refractivity contribution in [2.75, 3.05) is 13.4 Å². The van der Waals surface area contributed by atoms with Gasteiger partial charge in [0.2, 0.25) is 0 Å². The molecule has 2 N–H and O–H groups in total. The molecule has 1 amide bonds. The summed E-state index contributed by atoms with van der Waals surface area (Å²) in [6, 6.07) is 4.60. The minimum absolute atomic E-state index is 0.145. The number of halogens is 2. The Kier molecular flexibility index (Phi) is 6.43. The molecule has 11 heteroatoms. The zero-order valence-corrected chi connectivity index (χ0v) is 16.7. The number of nitrogens with one attached hydrogen (secondary N) is 1. The summed E-state index contributed by atoms with van der Waals surface area (Å²) < 4.78 is 56.4. The standard InChI is InChI=1S/C18H20F2N2O6S/c1-18(17(24)21-25,29(3,26)27)6-7-22-10-15(20)13(9-16(22)23)12-5-4-11(28-2)8-14(12)19/h4-5,8-10,25H,6-7H2,1-3H3,(H,21,24)/t18-/m1/s1. The van der Waals surface area contributed by atoms with Crippen LogP contribution in [0.2, 0.25) is 0 Å². The Labute approximate surface area is 165 Å². The first-order valence-electron chi connectivity index (χ1n) is 8.32. The van der Waals surface area contributed by atoms with Crippen molar-refractivity contribution in [3.8, 4) is 16.9 Å². The average molecular weight is 430 g/mol. The number of aryl methyl sites for hydroxylation is 1. The average Bonchev–Trinajstić information content (AvgIpc) is 2.66. The summed E-state index contributed by atoms with van der Waals surface area (Å²) in [6.07, 6.45) is 1.20. The molecule has 0 radical (unpaired) electrons. The molecular weight excluding hydrogens is 410 g/mol. The normalized spacial score (nSPS) is 13.6. The van der Waals surface area contributed by atoms with E-state index in [1.54, 1.807) is 0 Å². The lowest BCUT2D eigenvalue weighted by Gasteiger charge is -2.25. The van der Waals surface area contributed by atoms with E-state index in [2.05, 4.69) is 0 Å². The van der Waals surface area contributed by atoms with Crippen LogP contribution in [0.3, 0.4) is 0 Å². The molecule has 0 aliphatic heterocycles. The van der Waals surface area contributed by atoms with E-state index in [-0.39, 0.29) is 23.4 Å². The zero-order chi connectivity index (χ0) is 22.0. The lowest BCUT2D eigenvalue weighted by atomic mass is 10.0. The third kappa shape index (κ3) is 4.46. The van der Waals surface area contributed by atoms with Gasteiger partial charge in [0, 0.05) is 42.3 Å². The number of hydrogen-bond acceptors (Lipinski definition) is 6. The molecule has 2 rings (SSSR count). The molecule has 1 atom stereocenters. The second-order valence-electron chi connectivity index (χ2n) is 6.61. The van der Waals surface area contributed by atoms with Crippen molar-refractivity contribution >= 4 is 15.7 Å². The molecule has 0 bridgehead atoms. The molecule has 0 spiro atoms. The van der Waals surface area contributed by atoms with Crippen LogP contribution in [-0.4, -0.2) is 42.2 Å². The number of aromatic nitrogens is 1. The van der Waals surface area contributed by atoms with Crippen molar-refractivity contribution in [3.05, 3.63) is 52.5 Å². The van der Waals surface area contributed by atoms with Crippen molar-refractivity contribution < 1.29 is 31.9 Å². The highest BCUT2D eigenvalue weighted by Crippen LogP contribution is 2.28. The van der Waals surface area contributed by atoms with Crippen LogP contribution in [0, 0.1) is 11.6 Å². The Bertz CT molecular complexity index is 1100. The number of nitrogens with zero attached hydrogens (tertiary/aromatic N) is 1. The Morgan fingerprint density at radius 2 is 1.90 bits per heavy atom. The van der Waals surface area contributed by atoms with Crippen LogP contribution in [0.5, 0.6) is 5.75 Å². The van der Waals surface area contributed by atoms with Gasteiger partial charge in [0.25, 0.3) is 11.5 Å². The number of pyridine rings is 1. The fourth-order valence-electron chi connectivity index (χ4n) is 2.69. The van der Waals surface area contributed by atoms with Gasteiger partial charge in [-0.25, -0.2) is 22.7 Å². The molecule has 0 aliphatic rings. The fraction of sp³-hybridized carbons (Fsp3) is 0.333. The summed E-state index contributed by atoms with van der Waals surface area (Å²) in [5, 5.41) is 8.82. The van der Waals surface area contributed by atoms with Crippen LogP contribution in [0.15, 0.2) is 35.3 Å². The highest BCUT2D eigenvalue weighted by molar-refractivity contribution is 7.92. The molecular formula is C18H20F2N2O6S. The second-order valence-corrected chi connectivity index (χ2v) is 9.05. The van der Waals surface area contributed by atoms with E-state index in [0.29, 0.717) is 0 Å². The Hall–Kier alpha value is -2.79. The number of carbonyl (C=O) groups is 1. The lowest BCUT2D eigenvalue weighted by molar-refractivity contribution is -0.131. The number of carbonyl (C=O) groups excluding carboxylic acids is 1. The summed E-state index contributed by atoms with van der Waals surface area (Å²) in [6.45, 7) is 0.745. The first-order valence-corrected chi connectivity index (χ1v) is 10.2. The number of hydroxylamine groups is 1. The first-order chi connectivity index (χ1) is 13.4. The first kappa shape index (κ1) is 22.5. The zero-order valence-electron chi connectivity index (χ0n) is 15.9. The maximum Gasteiger partial charge on any atom is 0.264 e. The van der Waals surface area contributed by atoms with E-state index in [1.165, 1.54) is 24.7 Å². The molecule has 29 heavy (non-hydrogen) atoms. The maximum atomic E-state index is 14.6. The molecule has 158 valence electrons. The van der Waals surface area contributed by atoms with Crippen LogP contribution >= 0.6 is 0 Å². The maximum absolute atomic E-state index is 14.6. The van der Waals surface area contributed by atoms with Crippen LogP contribution in [-0.2, 0) is 21.2 Å². The molecule has 0 fully saturated rings. The molecule has 1 aromatic carbocycles. The molecule has 2 aromatic rings. The van der Waals surface area contributed by atoms with Gasteiger partial charge in [-0.1, -0.05) is 0 Å². The van der Waals surface area contributed by atoms with Gasteiger partial charge >= 0.3 is 0 Å². The molecule has 0 saturated heterocycles. The number of ether oxygens (including phenoxy) is 1. The van der Waals surface area contributed by atoms with E-state index in [4.69, 9.17) is 9.94 Å². The number of amides is 1. The second kappa shape index (κ2) is 8.29. The van der Waals surface area contributed by atoms with E-state index in [0.717, 1.165) is 36.1 Å². The fourth-order valence-corrected chi connectivity index (χ4v) is 3.53. The van der Waals surface area contributed by atoms with Gasteiger partial charge in [0.15, 0.2) is 14.6 Å². The Balaban J connectivity index is 2.40. The van der Waals surface area contributed by atoms with Crippen LogP contribution in [0.25, 0.3) is 11.1 Å². The van der Waals surface area contributed by atoms with Gasteiger partial charge in [-0.3, -0.25) is 14.8 Å². The predicted octanol–water partition coefficient (Wildman–Crippen LogP) is 1.50. The van der Waals surface area contributed by atoms with Crippen LogP contribution < -0.4 is 15.8 Å². The summed E-state index contributed by atoms with van der Waals surface area (Å²) in [7, 11) is -2.63. The molecule has 8 nitrogen and oxygen atoms in total. The highest BCUT2D eigenvalue weighted by Gasteiger charge is 2.43. The predicted molar refractivity (Wildman–Crippen MR) is 100 cm³/mol. The highest BCUT2D eigenvalue weighted by atomic mass is 32.2. The monoisotopic (exact) mass is 430 g/mol. The number of rotatable bonds is 7. The third-order valence-corrected chi connectivity index (χ3v) is 6.80. The molecule has 1 heterocycles. The number of hydrogen-bond donors (Lipinski definition) is 2. The third-order valence-electron chi connectivity index (χ3n) is 4.77. The van der Waals surface area contributed by atoms with E-state index in [1.807, 2.05) is 0 Å². The molecule has 0 saturated carbocycles. The summed E-state index contributed by atoms with van der Waals surface area (Å²) in [5.74, 6) is -2.65. The molecule has 0 unspecified atom stereocenters. The lowest BCUT2D eigenvalue weighted by Crippen LogP contribution is -2.50. The van der Waals surface area contributed by atoms with Crippen molar-refractivity contribution in [1.82, 2.24) is 10.0 Å². The molecule has 0 aliphatic carbocycles. The van der Waals surface area contributed by atoms with E-state index < -0.39 is 44.1 Å². The number of benzene rings is 1. The number of methoxy groups -OCH3 is 1. The smallest absolute Gasteiger partial charge is 0.264 e. The SMILES string of the molecule is COc1ccc(-c2cc(=O)n(CC[C@](C)(C(=O)NO)S(C)(=O)=O)cc2F)c(F)c1. The van der Waals surface area contributed by atoms with Crippen molar-refractivity contribution in [2.45, 2.75) is 24.6 Å². The van der Waals surface area contributed by atoms with Crippen molar-refractivity contribution in [2.24, 2.45) is 0 Å². The summed E-state index contributed by atoms with van der Waals surface area (Å²) >= 11 is 0. The van der Waals surface area contributed by atoms with Crippen LogP contribution in [0.4, 0.5) is 8.78 Å². The van der Waals surface area contributed by atoms with Gasteiger partial charge < -0.3 is 9.30 Å². The Morgan fingerprint density at radius 3 is 2.41 bits per heavy atom. The van der Waals surface area contributed by atoms with Gasteiger partial charge in [-0.15, -0.1) is 0 Å². The topological polar surface area (TPSA) is 115 Å². The Morgan fingerprint density at radius 1 is 1.24 bits per heavy atom. The van der Waals surface area contributed by atoms with Crippen molar-refractivity contribution in [3.63, 3.8) is 0 Å². The minimum Gasteiger partial charge on any atom is -0.497 e. The van der Waals surface area contributed by atoms with Crippen molar-refractivity contribution in [1.29, 1.82) is 0 Å². The van der Waals surface area contributed by atoms with Gasteiger partial charge in [0.05, 0.1) is 7.11 Å².